The Kier molecular flexibility index (Phi) is 14.7. The van der Waals surface area contributed by atoms with Gasteiger partial charge in [-0.1, -0.05) is 22.4 Å². The molecule has 0 heterocycles. The third kappa shape index (κ3) is 11.4. The lowest BCUT2D eigenvalue weighted by Gasteiger charge is -2.08. The Morgan fingerprint density at radius 2 is 1.17 bits per heavy atom. The van der Waals surface area contributed by atoms with Crippen molar-refractivity contribution in [2.24, 2.45) is 16.0 Å². The second-order valence-corrected chi connectivity index (χ2v) is 9.24. The van der Waals surface area contributed by atoms with Crippen molar-refractivity contribution in [1.82, 2.24) is 0 Å². The van der Waals surface area contributed by atoms with Crippen molar-refractivity contribution in [1.29, 1.82) is 0 Å². The summed E-state index contributed by atoms with van der Waals surface area (Å²) in [6, 6.07) is 13.9. The number of phenolic OH excluding ortho intramolecular Hbond substituents is 1. The number of hydrogen-bond donors (Lipinski definition) is 4. The van der Waals surface area contributed by atoms with Crippen LogP contribution in [0.1, 0.15) is 33.6 Å². The van der Waals surface area contributed by atoms with Crippen LogP contribution in [0.3, 0.4) is 0 Å². The number of Topliss-reactive ketones (excluding diaryl/α,β-unsaturated/α-hetero) is 1. The van der Waals surface area contributed by atoms with Gasteiger partial charge in [-0.3, -0.25) is 4.79 Å². The van der Waals surface area contributed by atoms with Crippen LogP contribution in [0, 0.1) is 23.3 Å². The molecule has 0 aliphatic carbocycles. The molecule has 4 aromatic rings. The van der Waals surface area contributed by atoms with Gasteiger partial charge < -0.3 is 21.1 Å². The second-order valence-electron chi connectivity index (χ2n) is 9.24. The van der Waals surface area contributed by atoms with Crippen molar-refractivity contribution >= 4 is 11.8 Å². The van der Waals surface area contributed by atoms with Gasteiger partial charge >= 0.3 is 5.97 Å². The highest BCUT2D eigenvalue weighted by Crippen LogP contribution is 2.30. The molecule has 0 spiro atoms. The molecule has 47 heavy (non-hydrogen) atoms. The number of halogens is 4. The lowest BCUT2D eigenvalue weighted by molar-refractivity contribution is 0.0693. The molecule has 0 fully saturated rings. The Balaban J connectivity index is 0.000000284. The average Bonchev–Trinajstić information content (AvgIpc) is 3.02. The van der Waals surface area contributed by atoms with E-state index in [9.17, 15) is 37.4 Å². The van der Waals surface area contributed by atoms with Crippen LogP contribution in [-0.2, 0) is 0 Å². The van der Waals surface area contributed by atoms with Gasteiger partial charge in [0.1, 0.15) is 40.3 Å². The quantitative estimate of drug-likeness (QED) is 0.0332. The largest absolute Gasteiger partial charge is 0.507 e. The van der Waals surface area contributed by atoms with Crippen molar-refractivity contribution < 1.29 is 42.5 Å². The molecule has 244 valence electrons. The zero-order valence-corrected chi connectivity index (χ0v) is 24.4. The molecule has 0 aromatic heterocycles. The SMILES string of the molecule is O=C(O)c1ccc(-c2ccc(F)cc2F)cc1O.[N-]=[N+]=NCCCC(=O)c1ccc(-c2ccc(F)cc2F)cc1O.[N-]=[N+]=NCCN. The number of rotatable bonds is 10. The van der Waals surface area contributed by atoms with Crippen LogP contribution in [0.25, 0.3) is 43.1 Å². The van der Waals surface area contributed by atoms with E-state index < -0.39 is 35.0 Å². The van der Waals surface area contributed by atoms with Crippen molar-refractivity contribution in [3.05, 3.63) is 128 Å². The van der Waals surface area contributed by atoms with Gasteiger partial charge in [0.15, 0.2) is 5.78 Å². The van der Waals surface area contributed by atoms with E-state index in [1.807, 2.05) is 0 Å². The van der Waals surface area contributed by atoms with Crippen molar-refractivity contribution in [2.75, 3.05) is 19.6 Å². The number of aromatic hydroxyl groups is 2. The monoisotopic (exact) mass is 653 g/mol. The van der Waals surface area contributed by atoms with Gasteiger partial charge in [0.05, 0.1) is 5.56 Å². The van der Waals surface area contributed by atoms with E-state index in [1.54, 1.807) is 0 Å². The predicted octanol–water partition coefficient (Wildman–Crippen LogP) is 7.90. The number of phenols is 2. The van der Waals surface area contributed by atoms with Crippen LogP contribution in [0.2, 0.25) is 0 Å². The molecule has 4 aromatic carbocycles. The lowest BCUT2D eigenvalue weighted by Crippen LogP contribution is -2.00. The number of hydrogen-bond acceptors (Lipinski definition) is 7. The highest BCUT2D eigenvalue weighted by Gasteiger charge is 2.15. The summed E-state index contributed by atoms with van der Waals surface area (Å²) in [5.41, 5.74) is 21.4. The van der Waals surface area contributed by atoms with E-state index >= 15 is 0 Å². The summed E-state index contributed by atoms with van der Waals surface area (Å²) in [6.45, 7) is 1.03. The first-order valence-electron chi connectivity index (χ1n) is 13.5. The van der Waals surface area contributed by atoms with E-state index in [0.717, 1.165) is 36.4 Å². The number of ketones is 1. The second kappa shape index (κ2) is 18.7. The van der Waals surface area contributed by atoms with E-state index in [2.05, 4.69) is 20.1 Å². The lowest BCUT2D eigenvalue weighted by atomic mass is 9.99. The molecule has 4 rings (SSSR count). The smallest absolute Gasteiger partial charge is 0.339 e. The van der Waals surface area contributed by atoms with Crippen LogP contribution in [0.4, 0.5) is 17.6 Å². The highest BCUT2D eigenvalue weighted by atomic mass is 19.1. The summed E-state index contributed by atoms with van der Waals surface area (Å²) in [5, 5.41) is 34.7. The summed E-state index contributed by atoms with van der Waals surface area (Å²) in [5.74, 6) is -5.26. The fourth-order valence-corrected chi connectivity index (χ4v) is 3.85. The number of carbonyl (C=O) groups excluding carboxylic acids is 1. The molecule has 0 bridgehead atoms. The standard InChI is InChI=1S/C16H13F2N3O2.C13H8F2O3.C2H6N4/c17-11-4-6-12(14(18)9-11)10-3-5-13(16(23)8-10)15(22)2-1-7-20-21-19;14-8-2-4-9(11(15)6-8)7-1-3-10(13(17)18)12(16)5-7;3-1-2-5-6-4/h3-6,8-9,23H,1-2,7H2;1-6,16H,(H,17,18);1-3H2. The molecule has 0 saturated heterocycles. The Hall–Kier alpha value is -6.08. The molecular formula is C31H27F4N7O5. The predicted molar refractivity (Wildman–Crippen MR) is 165 cm³/mol. The number of carboxylic acids is 1. The van der Waals surface area contributed by atoms with Crippen LogP contribution in [-0.4, -0.2) is 46.7 Å². The van der Waals surface area contributed by atoms with E-state index in [1.165, 1.54) is 36.4 Å². The maximum Gasteiger partial charge on any atom is 0.339 e. The highest BCUT2D eigenvalue weighted by molar-refractivity contribution is 5.99. The molecule has 12 nitrogen and oxygen atoms in total. The minimum atomic E-state index is -1.28. The van der Waals surface area contributed by atoms with Crippen LogP contribution >= 0.6 is 0 Å². The summed E-state index contributed by atoms with van der Waals surface area (Å²) in [7, 11) is 0. The molecule has 0 atom stereocenters. The summed E-state index contributed by atoms with van der Waals surface area (Å²) < 4.78 is 52.9. The normalized spacial score (nSPS) is 9.81. The Bertz CT molecular complexity index is 1830. The van der Waals surface area contributed by atoms with E-state index in [4.69, 9.17) is 21.9 Å². The van der Waals surface area contributed by atoms with Crippen molar-refractivity contribution in [3.63, 3.8) is 0 Å². The zero-order valence-electron chi connectivity index (χ0n) is 24.4. The summed E-state index contributed by atoms with van der Waals surface area (Å²) in [4.78, 5) is 27.7. The van der Waals surface area contributed by atoms with Crippen LogP contribution in [0.15, 0.2) is 83.0 Å². The number of azide groups is 2. The van der Waals surface area contributed by atoms with Crippen molar-refractivity contribution in [2.45, 2.75) is 12.8 Å². The third-order valence-electron chi connectivity index (χ3n) is 6.03. The molecule has 5 N–H and O–H groups in total. The molecule has 0 radical (unpaired) electrons. The maximum atomic E-state index is 13.7. The molecule has 16 heteroatoms. The van der Waals surface area contributed by atoms with Crippen molar-refractivity contribution in [3.8, 4) is 33.8 Å². The molecule has 0 saturated carbocycles. The Morgan fingerprint density at radius 3 is 1.55 bits per heavy atom. The van der Waals surface area contributed by atoms with Gasteiger partial charge in [0.2, 0.25) is 0 Å². The minimum absolute atomic E-state index is 0.0867. The van der Waals surface area contributed by atoms with Gasteiger partial charge in [-0.2, -0.15) is 0 Å². The fraction of sp³-hybridized carbons (Fsp3) is 0.161. The average molecular weight is 654 g/mol. The van der Waals surface area contributed by atoms with Crippen LogP contribution in [0.5, 0.6) is 11.5 Å². The van der Waals surface area contributed by atoms with E-state index in [0.29, 0.717) is 25.1 Å². The Morgan fingerprint density at radius 1 is 0.702 bits per heavy atom. The molecular weight excluding hydrogens is 626 g/mol. The minimum Gasteiger partial charge on any atom is -0.507 e. The Labute approximate surface area is 264 Å². The number of benzene rings is 4. The molecule has 0 amide bonds. The maximum absolute atomic E-state index is 13.7. The van der Waals surface area contributed by atoms with Gasteiger partial charge in [-0.05, 0) is 83.7 Å². The number of nitrogens with zero attached hydrogens (tertiary/aromatic N) is 6. The van der Waals surface area contributed by atoms with Gasteiger partial charge in [-0.15, -0.1) is 0 Å². The first kappa shape index (κ1) is 37.1. The molecule has 0 aliphatic rings. The van der Waals surface area contributed by atoms with Gasteiger partial charge in [0.25, 0.3) is 0 Å². The van der Waals surface area contributed by atoms with Gasteiger partial charge in [-0.25, -0.2) is 22.4 Å². The number of carboxylic acid groups (broad SMARTS) is 1. The van der Waals surface area contributed by atoms with Crippen LogP contribution < -0.4 is 5.73 Å². The number of aromatic carboxylic acids is 1. The number of nitrogens with two attached hydrogens (primary N) is 1. The first-order valence-corrected chi connectivity index (χ1v) is 13.5. The zero-order chi connectivity index (χ0) is 34.9. The molecule has 0 unspecified atom stereocenters. The summed E-state index contributed by atoms with van der Waals surface area (Å²) in [6.07, 6.45) is 0.494. The van der Waals surface area contributed by atoms with E-state index in [-0.39, 0.29) is 52.3 Å². The molecule has 0 aliphatic heterocycles. The third-order valence-corrected chi connectivity index (χ3v) is 6.03. The topological polar surface area (TPSA) is 218 Å². The fourth-order valence-electron chi connectivity index (χ4n) is 3.85. The first-order chi connectivity index (χ1) is 22.4. The van der Waals surface area contributed by atoms with Gasteiger partial charge in [0, 0.05) is 52.6 Å². The number of carbonyl (C=O) groups is 2. The summed E-state index contributed by atoms with van der Waals surface area (Å²) >= 11 is 0.